The molecule has 4 fully saturated rings. The van der Waals surface area contributed by atoms with E-state index in [1.807, 2.05) is 48.8 Å². The number of para-hydroxylation sites is 2. The average Bonchev–Trinajstić information content (AvgIpc) is 1.64. The highest BCUT2D eigenvalue weighted by Crippen LogP contribution is 2.56. The van der Waals surface area contributed by atoms with E-state index in [-0.39, 0.29) is 48.6 Å². The molecule has 6 N–H and O–H groups in total. The fraction of sp³-hybridized carbons (Fsp3) is 0.455. The molecule has 476 valence electrons. The largest absolute Gasteiger partial charge is 0.490 e. The second-order valence-corrected chi connectivity index (χ2v) is 26.4. The van der Waals surface area contributed by atoms with Crippen molar-refractivity contribution in [1.82, 2.24) is 14.9 Å². The maximum Gasteiger partial charge on any atom is 0.303 e. The number of hydrogen-bond donors (Lipinski definition) is 6. The molecule has 5 aromatic carbocycles. The lowest BCUT2D eigenvalue weighted by molar-refractivity contribution is -0.140. The number of amides is 1. The molecule has 1 amide bonds. The number of carbonyl (C=O) groups excluding carboxylic acids is 1. The number of ether oxygens (including phenoxy) is 2. The first-order valence-electron chi connectivity index (χ1n) is 33.0. The smallest absolute Gasteiger partial charge is 0.303 e. The van der Waals surface area contributed by atoms with Crippen molar-refractivity contribution >= 4 is 11.9 Å². The number of aliphatic hydroxyl groups is 5. The van der Waals surface area contributed by atoms with Crippen LogP contribution in [-0.4, -0.2) is 107 Å². The third kappa shape index (κ3) is 17.2. The van der Waals surface area contributed by atoms with E-state index in [4.69, 9.17) is 19.7 Å². The third-order valence-electron chi connectivity index (χ3n) is 19.5. The van der Waals surface area contributed by atoms with E-state index in [2.05, 4.69) is 141 Å². The van der Waals surface area contributed by atoms with Crippen LogP contribution in [0.4, 0.5) is 0 Å². The summed E-state index contributed by atoms with van der Waals surface area (Å²) in [4.78, 5) is 35.0. The number of aliphatic hydroxyl groups excluding tert-OH is 5. The van der Waals surface area contributed by atoms with Crippen molar-refractivity contribution in [2.45, 2.75) is 209 Å². The first kappa shape index (κ1) is 65.7. The minimum Gasteiger partial charge on any atom is -0.490 e. The van der Waals surface area contributed by atoms with Gasteiger partial charge < -0.3 is 45.0 Å². The van der Waals surface area contributed by atoms with Crippen LogP contribution in [0, 0.1) is 13.8 Å². The van der Waals surface area contributed by atoms with Gasteiger partial charge in [0.05, 0.1) is 18.8 Å². The molecule has 0 bridgehead atoms. The summed E-state index contributed by atoms with van der Waals surface area (Å²) in [6.45, 7) is 8.01. The first-order chi connectivity index (χ1) is 43.5. The van der Waals surface area contributed by atoms with Crippen LogP contribution in [0.1, 0.15) is 178 Å². The van der Waals surface area contributed by atoms with Crippen LogP contribution in [0.5, 0.6) is 11.5 Å². The Morgan fingerprint density at radius 2 is 1.03 bits per heavy atom. The van der Waals surface area contributed by atoms with E-state index in [1.165, 1.54) is 78.9 Å². The normalized spacial score (nSPS) is 17.3. The minimum atomic E-state index is -1.75. The van der Waals surface area contributed by atoms with Crippen LogP contribution in [0.3, 0.4) is 0 Å². The molecule has 2 heterocycles. The van der Waals surface area contributed by atoms with Crippen LogP contribution in [0.2, 0.25) is 0 Å². The number of benzene rings is 5. The Balaban J connectivity index is 0.000000214. The fourth-order valence-corrected chi connectivity index (χ4v) is 12.9. The second kappa shape index (κ2) is 30.2. The number of aliphatic carboxylic acids is 1. The lowest BCUT2D eigenvalue weighted by atomic mass is 9.84. The molecular weight excluding hydrogens is 1130 g/mol. The predicted octanol–water partition coefficient (Wildman–Crippen LogP) is 13.6. The van der Waals surface area contributed by atoms with Gasteiger partial charge in [-0.15, -0.1) is 0 Å². The van der Waals surface area contributed by atoms with E-state index in [9.17, 15) is 30.0 Å². The van der Waals surface area contributed by atoms with Crippen LogP contribution in [0.25, 0.3) is 22.3 Å². The number of rotatable bonds is 32. The molecule has 2 aromatic heterocycles. The van der Waals surface area contributed by atoms with Gasteiger partial charge in [0.25, 0.3) is 0 Å². The number of aromatic nitrogens is 2. The van der Waals surface area contributed by atoms with Crippen molar-refractivity contribution in [2.75, 3.05) is 13.2 Å². The Hall–Kier alpha value is -7.26. The van der Waals surface area contributed by atoms with Crippen molar-refractivity contribution in [3.05, 3.63) is 202 Å². The summed E-state index contributed by atoms with van der Waals surface area (Å²) in [5.74, 6) is 1.65. The van der Waals surface area contributed by atoms with Gasteiger partial charge in [-0.3, -0.25) is 19.6 Å². The molecule has 13 heteroatoms. The van der Waals surface area contributed by atoms with E-state index < -0.39 is 37.0 Å². The Labute approximate surface area is 532 Å². The molecule has 7 aromatic rings. The maximum absolute atomic E-state index is 13.5. The van der Waals surface area contributed by atoms with Gasteiger partial charge in [-0.25, -0.2) is 0 Å². The quantitative estimate of drug-likeness (QED) is 0.0233. The molecule has 0 aliphatic heterocycles. The van der Waals surface area contributed by atoms with Gasteiger partial charge in [0.15, 0.2) is 0 Å². The lowest BCUT2D eigenvalue weighted by Gasteiger charge is -2.30. The molecular formula is C77H93N3O10. The SMILES string of the molecule is Cc1ccc(C(C)CCCC(=O)N(Cc2ccccc2)C[C@H](O)[C@@H](O)[C@H](O)[C@H](O)CO)cc1CCC1(c2cnccc2-c2ccccc2OC2CC2)CC1.Cc1ccc(C(C)CCCC(=O)O)cc1CCC1(c2cnccc2-c2ccccc2OC2CC2)CC1. The summed E-state index contributed by atoms with van der Waals surface area (Å²) in [6, 6.07) is 44.1. The summed E-state index contributed by atoms with van der Waals surface area (Å²) in [7, 11) is 0. The van der Waals surface area contributed by atoms with Crippen LogP contribution < -0.4 is 9.47 Å². The molecule has 4 saturated carbocycles. The highest BCUT2D eigenvalue weighted by atomic mass is 16.5. The maximum atomic E-state index is 13.5. The molecule has 11 rings (SSSR count). The standard InChI is InChI=1S/C45H56N2O7.C32H37NO3/c1-30(9-8-14-42(51)47(27-32-10-4-3-5-11-32)28-39(49)43(52)44(53)40(50)29-48)33-16-15-31(2)34(25-33)19-21-45(22-23-45)38-26-46-24-20-36(38)37-12-6-7-13-41(37)54-35-17-18-35;1-22(6-5-9-31(34)35)24-11-10-23(2)25(20-24)14-16-32(17-18-32)29-21-33-19-15-27(29)28-7-3-4-8-30(28)36-26-12-13-26/h3-7,10-13,15-16,20,24-26,30,35,39-40,43-44,48-50,52-53H,8-9,14,17-19,21-23,27-29H2,1-2H3;3-4,7-8,10-11,15,19-22,26H,5-6,9,12-14,16-18H2,1-2H3,(H,34,35)/t30?,39-,40+,43+,44+;/m0./s1. The van der Waals surface area contributed by atoms with Crippen molar-refractivity contribution in [2.24, 2.45) is 0 Å². The topological polar surface area (TPSA) is 203 Å². The number of carboxylic acid groups (broad SMARTS) is 1. The summed E-state index contributed by atoms with van der Waals surface area (Å²) in [5, 5.41) is 59.1. The highest BCUT2D eigenvalue weighted by molar-refractivity contribution is 5.77. The fourth-order valence-electron chi connectivity index (χ4n) is 12.9. The Bertz CT molecular complexity index is 3500. The molecule has 2 unspecified atom stereocenters. The molecule has 4 aliphatic rings. The molecule has 0 saturated heterocycles. The van der Waals surface area contributed by atoms with Crippen molar-refractivity contribution < 1.29 is 49.7 Å². The van der Waals surface area contributed by atoms with Crippen molar-refractivity contribution in [3.8, 4) is 33.8 Å². The summed E-state index contributed by atoms with van der Waals surface area (Å²) in [6.07, 6.45) is 18.9. The average molecular weight is 1220 g/mol. The molecule has 13 nitrogen and oxygen atoms in total. The summed E-state index contributed by atoms with van der Waals surface area (Å²) >= 11 is 0. The number of carboxylic acids is 1. The van der Waals surface area contributed by atoms with Gasteiger partial charge in [0.2, 0.25) is 5.91 Å². The van der Waals surface area contributed by atoms with Gasteiger partial charge in [0, 0.05) is 61.8 Å². The Kier molecular flexibility index (Phi) is 22.1. The number of aryl methyl sites for hydroxylation is 4. The van der Waals surface area contributed by atoms with Gasteiger partial charge in [-0.2, -0.15) is 0 Å². The predicted molar refractivity (Wildman–Crippen MR) is 353 cm³/mol. The Morgan fingerprint density at radius 1 is 0.578 bits per heavy atom. The van der Waals surface area contributed by atoms with E-state index in [1.54, 1.807) is 0 Å². The zero-order chi connectivity index (χ0) is 63.4. The molecule has 6 atom stereocenters. The number of pyridine rings is 2. The summed E-state index contributed by atoms with van der Waals surface area (Å²) < 4.78 is 12.6. The zero-order valence-electron chi connectivity index (χ0n) is 53.1. The van der Waals surface area contributed by atoms with Crippen molar-refractivity contribution in [3.63, 3.8) is 0 Å². The van der Waals surface area contributed by atoms with Crippen LogP contribution in [0.15, 0.2) is 152 Å². The monoisotopic (exact) mass is 1220 g/mol. The van der Waals surface area contributed by atoms with E-state index in [0.717, 1.165) is 106 Å². The lowest BCUT2D eigenvalue weighted by Crippen LogP contribution is -2.50. The van der Waals surface area contributed by atoms with E-state index in [0.29, 0.717) is 24.5 Å². The number of hydrogen-bond acceptors (Lipinski definition) is 11. The van der Waals surface area contributed by atoms with E-state index >= 15 is 0 Å². The molecule has 0 spiro atoms. The molecule has 90 heavy (non-hydrogen) atoms. The molecule has 0 radical (unpaired) electrons. The number of nitrogens with zero attached hydrogens (tertiary/aromatic N) is 3. The van der Waals surface area contributed by atoms with Gasteiger partial charge in [0.1, 0.15) is 35.9 Å². The molecule has 4 aliphatic carbocycles. The number of carbonyl (C=O) groups is 2. The van der Waals surface area contributed by atoms with Gasteiger partial charge >= 0.3 is 5.97 Å². The second-order valence-electron chi connectivity index (χ2n) is 26.4. The van der Waals surface area contributed by atoms with Crippen LogP contribution in [-0.2, 0) is 39.8 Å². The Morgan fingerprint density at radius 3 is 1.49 bits per heavy atom. The van der Waals surface area contributed by atoms with Crippen LogP contribution >= 0.6 is 0 Å². The van der Waals surface area contributed by atoms with Gasteiger partial charge in [-0.1, -0.05) is 117 Å². The van der Waals surface area contributed by atoms with Gasteiger partial charge in [-0.05, 0) is 225 Å². The summed E-state index contributed by atoms with van der Waals surface area (Å²) in [5.41, 5.74) is 16.5. The highest BCUT2D eigenvalue weighted by Gasteiger charge is 2.47. The van der Waals surface area contributed by atoms with Crippen molar-refractivity contribution in [1.29, 1.82) is 0 Å². The first-order valence-corrected chi connectivity index (χ1v) is 33.0. The minimum absolute atomic E-state index is 0.0939. The third-order valence-corrected chi connectivity index (χ3v) is 19.5. The zero-order valence-corrected chi connectivity index (χ0v) is 53.1.